The zero-order valence-electron chi connectivity index (χ0n) is 9.36. The molecule has 0 aromatic heterocycles. The summed E-state index contributed by atoms with van der Waals surface area (Å²) >= 11 is 0. The van der Waals surface area contributed by atoms with Gasteiger partial charge in [0.1, 0.15) is 0 Å². The smallest absolute Gasteiger partial charge is 0.335 e. The van der Waals surface area contributed by atoms with E-state index in [4.69, 9.17) is 5.11 Å². The molecule has 1 aromatic carbocycles. The zero-order valence-corrected chi connectivity index (χ0v) is 9.36. The van der Waals surface area contributed by atoms with Gasteiger partial charge >= 0.3 is 5.97 Å². The van der Waals surface area contributed by atoms with E-state index in [9.17, 15) is 9.59 Å². The number of aromatic carboxylic acids is 1. The van der Waals surface area contributed by atoms with Crippen LogP contribution in [0.4, 0.5) is 5.69 Å². The molecular formula is C12H15NO3. The average Bonchev–Trinajstić information content (AvgIpc) is 2.28. The Morgan fingerprint density at radius 2 is 2.12 bits per heavy atom. The molecule has 0 aliphatic rings. The fraction of sp³-hybridized carbons (Fsp3) is 0.333. The lowest BCUT2D eigenvalue weighted by atomic mass is 10.1. The van der Waals surface area contributed by atoms with E-state index in [-0.39, 0.29) is 17.4 Å². The van der Waals surface area contributed by atoms with Crippen LogP contribution in [0, 0.1) is 5.92 Å². The Hall–Kier alpha value is -1.84. The summed E-state index contributed by atoms with van der Waals surface area (Å²) in [6.07, 6.45) is 0.754. The van der Waals surface area contributed by atoms with Gasteiger partial charge < -0.3 is 10.4 Å². The summed E-state index contributed by atoms with van der Waals surface area (Å²) < 4.78 is 0. The fourth-order valence-corrected chi connectivity index (χ4v) is 1.18. The number of rotatable bonds is 4. The number of hydrogen-bond acceptors (Lipinski definition) is 2. The van der Waals surface area contributed by atoms with Crippen molar-refractivity contribution in [3.8, 4) is 0 Å². The zero-order chi connectivity index (χ0) is 12.1. The highest BCUT2D eigenvalue weighted by molar-refractivity contribution is 5.94. The molecule has 2 N–H and O–H groups in total. The number of anilines is 1. The molecule has 86 valence electrons. The molecule has 0 aliphatic heterocycles. The minimum atomic E-state index is -1.00. The van der Waals surface area contributed by atoms with Gasteiger partial charge in [-0.3, -0.25) is 4.79 Å². The second-order valence-electron chi connectivity index (χ2n) is 3.68. The number of nitrogens with one attached hydrogen (secondary N) is 1. The Morgan fingerprint density at radius 1 is 1.44 bits per heavy atom. The molecule has 0 fully saturated rings. The third-order valence-corrected chi connectivity index (χ3v) is 2.44. The summed E-state index contributed by atoms with van der Waals surface area (Å²) in [6, 6.07) is 6.21. The largest absolute Gasteiger partial charge is 0.478 e. The van der Waals surface area contributed by atoms with E-state index >= 15 is 0 Å². The number of carboxylic acid groups (broad SMARTS) is 1. The summed E-state index contributed by atoms with van der Waals surface area (Å²) in [5.74, 6) is -1.17. The fourth-order valence-electron chi connectivity index (χ4n) is 1.18. The maximum atomic E-state index is 11.6. The molecule has 4 nitrogen and oxygen atoms in total. The van der Waals surface area contributed by atoms with Gasteiger partial charge in [0.15, 0.2) is 0 Å². The molecular weight excluding hydrogens is 206 g/mol. The molecule has 0 saturated carbocycles. The van der Waals surface area contributed by atoms with Gasteiger partial charge in [0, 0.05) is 11.6 Å². The van der Waals surface area contributed by atoms with Crippen molar-refractivity contribution < 1.29 is 14.7 Å². The van der Waals surface area contributed by atoms with E-state index in [1.54, 1.807) is 12.1 Å². The first-order chi connectivity index (χ1) is 7.54. The first kappa shape index (κ1) is 12.2. The van der Waals surface area contributed by atoms with Crippen LogP contribution in [0.2, 0.25) is 0 Å². The van der Waals surface area contributed by atoms with Gasteiger partial charge in [-0.1, -0.05) is 19.9 Å². The van der Waals surface area contributed by atoms with Gasteiger partial charge in [-0.15, -0.1) is 0 Å². The molecule has 0 heterocycles. The molecule has 0 saturated heterocycles. The topological polar surface area (TPSA) is 66.4 Å². The number of carbonyl (C=O) groups is 2. The lowest BCUT2D eigenvalue weighted by Gasteiger charge is -2.10. The van der Waals surface area contributed by atoms with Crippen LogP contribution in [0.25, 0.3) is 0 Å². The van der Waals surface area contributed by atoms with Crippen LogP contribution in [0.3, 0.4) is 0 Å². The summed E-state index contributed by atoms with van der Waals surface area (Å²) in [5, 5.41) is 11.5. The van der Waals surface area contributed by atoms with Crippen molar-refractivity contribution >= 4 is 17.6 Å². The van der Waals surface area contributed by atoms with E-state index in [1.165, 1.54) is 12.1 Å². The van der Waals surface area contributed by atoms with Crippen LogP contribution in [-0.2, 0) is 4.79 Å². The summed E-state index contributed by atoms with van der Waals surface area (Å²) in [4.78, 5) is 22.3. The first-order valence-electron chi connectivity index (χ1n) is 5.18. The lowest BCUT2D eigenvalue weighted by Crippen LogP contribution is -2.19. The lowest BCUT2D eigenvalue weighted by molar-refractivity contribution is -0.119. The van der Waals surface area contributed by atoms with Gasteiger partial charge in [-0.2, -0.15) is 0 Å². The molecule has 0 unspecified atom stereocenters. The van der Waals surface area contributed by atoms with Crippen molar-refractivity contribution in [2.45, 2.75) is 20.3 Å². The maximum absolute atomic E-state index is 11.6. The second-order valence-corrected chi connectivity index (χ2v) is 3.68. The summed E-state index contributed by atoms with van der Waals surface area (Å²) in [6.45, 7) is 3.76. The van der Waals surface area contributed by atoms with Crippen LogP contribution in [0.1, 0.15) is 30.6 Å². The van der Waals surface area contributed by atoms with Crippen molar-refractivity contribution in [3.63, 3.8) is 0 Å². The third kappa shape index (κ3) is 3.08. The highest BCUT2D eigenvalue weighted by Crippen LogP contribution is 2.12. The number of carboxylic acids is 1. The average molecular weight is 221 g/mol. The van der Waals surface area contributed by atoms with Gasteiger partial charge in [0.2, 0.25) is 5.91 Å². The van der Waals surface area contributed by atoms with Gasteiger partial charge in [0.25, 0.3) is 0 Å². The highest BCUT2D eigenvalue weighted by atomic mass is 16.4. The van der Waals surface area contributed by atoms with E-state index in [1.807, 2.05) is 13.8 Å². The van der Waals surface area contributed by atoms with Crippen molar-refractivity contribution in [3.05, 3.63) is 29.8 Å². The molecule has 1 amide bonds. The highest BCUT2D eigenvalue weighted by Gasteiger charge is 2.11. The molecule has 0 aliphatic carbocycles. The molecule has 0 radical (unpaired) electrons. The van der Waals surface area contributed by atoms with E-state index in [0.717, 1.165) is 6.42 Å². The van der Waals surface area contributed by atoms with Crippen LogP contribution < -0.4 is 5.32 Å². The maximum Gasteiger partial charge on any atom is 0.335 e. The quantitative estimate of drug-likeness (QED) is 0.820. The Balaban J connectivity index is 2.78. The molecule has 1 atom stereocenters. The first-order valence-corrected chi connectivity index (χ1v) is 5.18. The van der Waals surface area contributed by atoms with Crippen molar-refractivity contribution in [2.24, 2.45) is 5.92 Å². The number of hydrogen-bond donors (Lipinski definition) is 2. The predicted octanol–water partition coefficient (Wildman–Crippen LogP) is 2.37. The Bertz CT molecular complexity index is 401. The Kier molecular flexibility index (Phi) is 4.05. The van der Waals surface area contributed by atoms with E-state index in [0.29, 0.717) is 5.69 Å². The Morgan fingerprint density at radius 3 is 2.69 bits per heavy atom. The van der Waals surface area contributed by atoms with Crippen LogP contribution >= 0.6 is 0 Å². The minimum Gasteiger partial charge on any atom is -0.478 e. The minimum absolute atomic E-state index is 0.0755. The normalized spacial score (nSPS) is 11.9. The predicted molar refractivity (Wildman–Crippen MR) is 61.5 cm³/mol. The van der Waals surface area contributed by atoms with Crippen LogP contribution in [0.15, 0.2) is 24.3 Å². The Labute approximate surface area is 94.3 Å². The second kappa shape index (κ2) is 5.30. The third-order valence-electron chi connectivity index (χ3n) is 2.44. The molecule has 1 rings (SSSR count). The standard InChI is InChI=1S/C12H15NO3/c1-3-8(2)11(14)13-10-6-4-5-9(7-10)12(15)16/h4-8H,3H2,1-2H3,(H,13,14)(H,15,16)/t8-/m1/s1. The molecule has 4 heteroatoms. The molecule has 1 aromatic rings. The van der Waals surface area contributed by atoms with Gasteiger partial charge in [-0.25, -0.2) is 4.79 Å². The van der Waals surface area contributed by atoms with Crippen molar-refractivity contribution in [1.29, 1.82) is 0 Å². The van der Waals surface area contributed by atoms with E-state index < -0.39 is 5.97 Å². The van der Waals surface area contributed by atoms with Crippen LogP contribution in [-0.4, -0.2) is 17.0 Å². The molecule has 0 bridgehead atoms. The SMILES string of the molecule is CC[C@@H](C)C(=O)Nc1cccc(C(=O)O)c1. The summed E-state index contributed by atoms with van der Waals surface area (Å²) in [7, 11) is 0. The monoisotopic (exact) mass is 221 g/mol. The van der Waals surface area contributed by atoms with Crippen molar-refractivity contribution in [1.82, 2.24) is 0 Å². The number of benzene rings is 1. The van der Waals surface area contributed by atoms with Crippen LogP contribution in [0.5, 0.6) is 0 Å². The van der Waals surface area contributed by atoms with Crippen molar-refractivity contribution in [2.75, 3.05) is 5.32 Å². The number of amides is 1. The molecule has 0 spiro atoms. The molecule has 16 heavy (non-hydrogen) atoms. The van der Waals surface area contributed by atoms with Gasteiger partial charge in [-0.05, 0) is 24.6 Å². The van der Waals surface area contributed by atoms with E-state index in [2.05, 4.69) is 5.32 Å². The number of carbonyl (C=O) groups excluding carboxylic acids is 1. The summed E-state index contributed by atoms with van der Waals surface area (Å²) in [5.41, 5.74) is 0.687. The van der Waals surface area contributed by atoms with Gasteiger partial charge in [0.05, 0.1) is 5.56 Å².